The Morgan fingerprint density at radius 3 is 2.72 bits per heavy atom. The molecule has 0 saturated carbocycles. The van der Waals surface area contributed by atoms with Crippen LogP contribution in [0.4, 0.5) is 0 Å². The van der Waals surface area contributed by atoms with Gasteiger partial charge < -0.3 is 24.5 Å². The van der Waals surface area contributed by atoms with Gasteiger partial charge in [-0.2, -0.15) is 0 Å². The van der Waals surface area contributed by atoms with Crippen LogP contribution in [-0.2, 0) is 21.5 Å². The summed E-state index contributed by atoms with van der Waals surface area (Å²) >= 11 is 0. The largest absolute Gasteiger partial charge is 0.497 e. The molecule has 3 heterocycles. The first-order valence-electron chi connectivity index (χ1n) is 11.5. The van der Waals surface area contributed by atoms with Crippen LogP contribution in [0, 0.1) is 0 Å². The van der Waals surface area contributed by atoms with Gasteiger partial charge in [-0.15, -0.1) is 0 Å². The molecule has 1 fully saturated rings. The number of rotatable bonds is 7. The Balaban J connectivity index is 1.49. The van der Waals surface area contributed by atoms with Crippen molar-refractivity contribution in [2.24, 2.45) is 0 Å². The van der Waals surface area contributed by atoms with E-state index in [0.717, 1.165) is 5.56 Å². The minimum atomic E-state index is -1.41. The van der Waals surface area contributed by atoms with Crippen LogP contribution in [0.25, 0.3) is 11.0 Å². The molecule has 0 spiro atoms. The Morgan fingerprint density at radius 1 is 1.22 bits per heavy atom. The van der Waals surface area contributed by atoms with E-state index >= 15 is 0 Å². The second-order valence-corrected chi connectivity index (χ2v) is 9.24. The molecule has 36 heavy (non-hydrogen) atoms. The van der Waals surface area contributed by atoms with Gasteiger partial charge in [0.2, 0.25) is 11.8 Å². The van der Waals surface area contributed by atoms with Gasteiger partial charge >= 0.3 is 0 Å². The lowest BCUT2D eigenvalue weighted by Crippen LogP contribution is -2.46. The number of aliphatic hydroxyl groups excluding tert-OH is 1. The second-order valence-electron chi connectivity index (χ2n) is 9.24. The summed E-state index contributed by atoms with van der Waals surface area (Å²) in [5, 5.41) is 14.9. The zero-order chi connectivity index (χ0) is 25.6. The van der Waals surface area contributed by atoms with Crippen LogP contribution in [-0.4, -0.2) is 59.9 Å². The lowest BCUT2D eigenvalue weighted by molar-refractivity contribution is -0.127. The van der Waals surface area contributed by atoms with Crippen molar-refractivity contribution in [1.82, 2.24) is 15.5 Å². The molecule has 5 rings (SSSR count). The van der Waals surface area contributed by atoms with Crippen molar-refractivity contribution >= 4 is 34.6 Å². The number of nitrogens with one attached hydrogen (secondary N) is 2. The van der Waals surface area contributed by atoms with E-state index in [0.29, 0.717) is 27.8 Å². The SMILES string of the molecule is COc1ccc2c(c1)C(=O)N(C[C@@]1(c3cc4ccc(C(=O)N[C@@H](C)CO)cc4o3)CC(=O)NC1=O)C2. The Hall–Kier alpha value is -4.18. The number of ether oxygens (including phenoxy) is 1. The summed E-state index contributed by atoms with van der Waals surface area (Å²) in [6, 6.07) is 11.3. The number of furan rings is 1. The number of methoxy groups -OCH3 is 1. The third-order valence-corrected chi connectivity index (χ3v) is 6.71. The highest BCUT2D eigenvalue weighted by Gasteiger charge is 2.53. The topological polar surface area (TPSA) is 138 Å². The molecule has 4 amide bonds. The number of amides is 4. The first kappa shape index (κ1) is 23.6. The number of hydrogen-bond donors (Lipinski definition) is 3. The lowest BCUT2D eigenvalue weighted by Gasteiger charge is -2.28. The molecule has 2 aliphatic heterocycles. The van der Waals surface area contributed by atoms with Crippen LogP contribution in [0.15, 0.2) is 46.9 Å². The Kier molecular flexibility index (Phi) is 5.76. The molecular weight excluding hydrogens is 466 g/mol. The molecule has 2 aromatic carbocycles. The third-order valence-electron chi connectivity index (χ3n) is 6.71. The molecule has 0 bridgehead atoms. The summed E-state index contributed by atoms with van der Waals surface area (Å²) in [5.41, 5.74) is 0.571. The van der Waals surface area contributed by atoms with Crippen molar-refractivity contribution in [2.75, 3.05) is 20.3 Å². The van der Waals surface area contributed by atoms with E-state index in [-0.39, 0.29) is 43.7 Å². The van der Waals surface area contributed by atoms with E-state index < -0.39 is 23.3 Å². The van der Waals surface area contributed by atoms with Crippen LogP contribution in [0.5, 0.6) is 5.75 Å². The summed E-state index contributed by atoms with van der Waals surface area (Å²) in [7, 11) is 1.52. The summed E-state index contributed by atoms with van der Waals surface area (Å²) in [6.45, 7) is 1.71. The molecule has 2 aliphatic rings. The summed E-state index contributed by atoms with van der Waals surface area (Å²) in [6.07, 6.45) is -0.170. The molecule has 1 saturated heterocycles. The quantitative estimate of drug-likeness (QED) is 0.426. The van der Waals surface area contributed by atoms with Crippen molar-refractivity contribution in [3.05, 3.63) is 64.9 Å². The number of hydrogen-bond acceptors (Lipinski definition) is 7. The fourth-order valence-electron chi connectivity index (χ4n) is 4.73. The van der Waals surface area contributed by atoms with Gasteiger partial charge in [-0.3, -0.25) is 24.5 Å². The third kappa shape index (κ3) is 3.89. The second kappa shape index (κ2) is 8.80. The average Bonchev–Trinajstić information content (AvgIpc) is 3.52. The molecule has 10 nitrogen and oxygen atoms in total. The monoisotopic (exact) mass is 491 g/mol. The minimum Gasteiger partial charge on any atom is -0.497 e. The zero-order valence-electron chi connectivity index (χ0n) is 19.8. The number of benzene rings is 2. The lowest BCUT2D eigenvalue weighted by atomic mass is 9.82. The van der Waals surface area contributed by atoms with Crippen molar-refractivity contribution in [3.8, 4) is 5.75 Å². The smallest absolute Gasteiger partial charge is 0.254 e. The van der Waals surface area contributed by atoms with Gasteiger partial charge in [-0.05, 0) is 42.8 Å². The number of imide groups is 1. The van der Waals surface area contributed by atoms with Crippen LogP contribution in [0.3, 0.4) is 0 Å². The maximum atomic E-state index is 13.2. The van der Waals surface area contributed by atoms with Crippen molar-refractivity contribution < 1.29 is 33.4 Å². The van der Waals surface area contributed by atoms with E-state index in [1.807, 2.05) is 6.07 Å². The molecule has 10 heteroatoms. The van der Waals surface area contributed by atoms with E-state index in [9.17, 15) is 24.3 Å². The van der Waals surface area contributed by atoms with Gasteiger partial charge in [-0.25, -0.2) is 0 Å². The maximum Gasteiger partial charge on any atom is 0.254 e. The molecular formula is C26H25N3O7. The zero-order valence-corrected chi connectivity index (χ0v) is 19.8. The first-order valence-corrected chi connectivity index (χ1v) is 11.5. The highest BCUT2D eigenvalue weighted by atomic mass is 16.5. The standard InChI is InChI=1S/C26H25N3O7/c1-14(12-30)27-23(32)16-4-3-15-8-21(36-20(15)7-16)26(10-22(31)28-25(26)34)13-29-11-17-5-6-18(35-2)9-19(17)24(29)33/h3-9,14,30H,10-13H2,1-2H3,(H,27,32)(H,28,31,34)/t14-,26+/m0/s1. The first-order chi connectivity index (χ1) is 17.2. The molecule has 3 aromatic rings. The normalized spacial score (nSPS) is 20.0. The van der Waals surface area contributed by atoms with Crippen LogP contribution >= 0.6 is 0 Å². The molecule has 2 atom stereocenters. The number of fused-ring (bicyclic) bond motifs is 2. The van der Waals surface area contributed by atoms with E-state index in [2.05, 4.69) is 10.6 Å². The fourth-order valence-corrected chi connectivity index (χ4v) is 4.73. The average molecular weight is 492 g/mol. The van der Waals surface area contributed by atoms with E-state index in [4.69, 9.17) is 9.15 Å². The maximum absolute atomic E-state index is 13.2. The Morgan fingerprint density at radius 2 is 2.03 bits per heavy atom. The van der Waals surface area contributed by atoms with Gasteiger partial charge in [0.1, 0.15) is 22.5 Å². The van der Waals surface area contributed by atoms with Crippen LogP contribution in [0.2, 0.25) is 0 Å². The number of carbonyl (C=O) groups is 4. The van der Waals surface area contributed by atoms with Crippen molar-refractivity contribution in [2.45, 2.75) is 31.3 Å². The van der Waals surface area contributed by atoms with E-state index in [1.165, 1.54) is 12.0 Å². The van der Waals surface area contributed by atoms with Gasteiger partial charge in [0, 0.05) is 35.6 Å². The van der Waals surface area contributed by atoms with Crippen molar-refractivity contribution in [3.63, 3.8) is 0 Å². The van der Waals surface area contributed by atoms with Crippen molar-refractivity contribution in [1.29, 1.82) is 0 Å². The predicted octanol–water partition coefficient (Wildman–Crippen LogP) is 1.49. The number of aliphatic hydroxyl groups is 1. The van der Waals surface area contributed by atoms with Crippen LogP contribution in [0.1, 0.15) is 45.4 Å². The Labute approximate surface area is 206 Å². The Bertz CT molecular complexity index is 1410. The molecule has 0 radical (unpaired) electrons. The molecule has 3 N–H and O–H groups in total. The predicted molar refractivity (Wildman–Crippen MR) is 127 cm³/mol. The van der Waals surface area contributed by atoms with E-state index in [1.54, 1.807) is 43.3 Å². The van der Waals surface area contributed by atoms with Crippen LogP contribution < -0.4 is 15.4 Å². The van der Waals surface area contributed by atoms with Gasteiger partial charge in [0.05, 0.1) is 20.1 Å². The molecule has 186 valence electrons. The molecule has 0 aliphatic carbocycles. The summed E-state index contributed by atoms with van der Waals surface area (Å²) in [4.78, 5) is 52.7. The summed E-state index contributed by atoms with van der Waals surface area (Å²) in [5.74, 6) is -0.840. The molecule has 0 unspecified atom stereocenters. The minimum absolute atomic E-state index is 0.0540. The fraction of sp³-hybridized carbons (Fsp3) is 0.308. The van der Waals surface area contributed by atoms with Gasteiger partial charge in [-0.1, -0.05) is 12.1 Å². The summed E-state index contributed by atoms with van der Waals surface area (Å²) < 4.78 is 11.3. The van der Waals surface area contributed by atoms with Gasteiger partial charge in [0.15, 0.2) is 0 Å². The number of carbonyl (C=O) groups excluding carboxylic acids is 4. The highest BCUT2D eigenvalue weighted by molar-refractivity contribution is 6.10. The molecule has 1 aromatic heterocycles. The van der Waals surface area contributed by atoms with Gasteiger partial charge in [0.25, 0.3) is 11.8 Å². The number of nitrogens with zero attached hydrogens (tertiary/aromatic N) is 1. The highest BCUT2D eigenvalue weighted by Crippen LogP contribution is 2.39.